The van der Waals surface area contributed by atoms with Gasteiger partial charge in [0.25, 0.3) is 0 Å². The summed E-state index contributed by atoms with van der Waals surface area (Å²) in [4.78, 5) is 22.1. The molecule has 2 aliphatic rings. The summed E-state index contributed by atoms with van der Waals surface area (Å²) in [7, 11) is 0. The number of amides is 1. The summed E-state index contributed by atoms with van der Waals surface area (Å²) in [5, 5.41) is 11.0. The first-order valence-electron chi connectivity index (χ1n) is 8.75. The molecule has 1 aromatic heterocycles. The van der Waals surface area contributed by atoms with Crippen LogP contribution in [0.15, 0.2) is 5.51 Å². The summed E-state index contributed by atoms with van der Waals surface area (Å²) in [6.07, 6.45) is 3.56. The van der Waals surface area contributed by atoms with Gasteiger partial charge in [-0.2, -0.15) is 0 Å². The van der Waals surface area contributed by atoms with E-state index in [-0.39, 0.29) is 5.91 Å². The molecule has 0 radical (unpaired) electrons. The van der Waals surface area contributed by atoms with Crippen LogP contribution in [0.2, 0.25) is 0 Å². The minimum absolute atomic E-state index is 0.0909. The van der Waals surface area contributed by atoms with Gasteiger partial charge in [-0.3, -0.25) is 4.79 Å². The van der Waals surface area contributed by atoms with Crippen LogP contribution < -0.4 is 0 Å². The van der Waals surface area contributed by atoms with E-state index in [1.807, 2.05) is 12.4 Å². The molecule has 0 spiro atoms. The molecular weight excluding hydrogens is 326 g/mol. The summed E-state index contributed by atoms with van der Waals surface area (Å²) in [6.45, 7) is 6.35. The number of aliphatic hydroxyl groups is 1. The van der Waals surface area contributed by atoms with Gasteiger partial charge in [-0.15, -0.1) is 11.3 Å². The topological polar surface area (TPSA) is 65.9 Å². The smallest absolute Gasteiger partial charge is 0.223 e. The largest absolute Gasteiger partial charge is 0.384 e. The van der Waals surface area contributed by atoms with Gasteiger partial charge < -0.3 is 19.6 Å². The predicted octanol–water partition coefficient (Wildman–Crippen LogP) is 1.07. The molecule has 7 heteroatoms. The number of carbonyl (C=O) groups excluding carboxylic acids is 1. The molecule has 0 unspecified atom stereocenters. The van der Waals surface area contributed by atoms with E-state index in [4.69, 9.17) is 4.74 Å². The maximum atomic E-state index is 12.6. The van der Waals surface area contributed by atoms with Crippen LogP contribution in [0.4, 0.5) is 0 Å². The maximum absolute atomic E-state index is 12.6. The Bertz CT molecular complexity index is 559. The molecule has 0 bridgehead atoms. The van der Waals surface area contributed by atoms with Gasteiger partial charge >= 0.3 is 0 Å². The van der Waals surface area contributed by atoms with E-state index in [1.165, 1.54) is 17.7 Å². The van der Waals surface area contributed by atoms with Crippen LogP contribution in [-0.4, -0.2) is 77.3 Å². The Morgan fingerprint density at radius 3 is 2.92 bits per heavy atom. The van der Waals surface area contributed by atoms with Gasteiger partial charge in [-0.1, -0.05) is 0 Å². The molecule has 2 saturated heterocycles. The molecule has 1 atom stereocenters. The van der Waals surface area contributed by atoms with E-state index in [0.717, 1.165) is 25.2 Å². The molecule has 0 aliphatic carbocycles. The Morgan fingerprint density at radius 2 is 2.21 bits per heavy atom. The molecule has 0 aromatic carbocycles. The SMILES string of the molecule is Cc1ncsc1CCC(=O)N1CCOC[C@](O)(CN2CCCC2)C1. The van der Waals surface area contributed by atoms with E-state index >= 15 is 0 Å². The van der Waals surface area contributed by atoms with Gasteiger partial charge in [0.1, 0.15) is 5.60 Å². The molecule has 2 aliphatic heterocycles. The molecule has 3 heterocycles. The first kappa shape index (κ1) is 17.8. The highest BCUT2D eigenvalue weighted by Crippen LogP contribution is 2.20. The fraction of sp³-hybridized carbons (Fsp3) is 0.765. The lowest BCUT2D eigenvalue weighted by atomic mass is 10.0. The number of rotatable bonds is 5. The van der Waals surface area contributed by atoms with Crippen LogP contribution in [0.1, 0.15) is 29.8 Å². The van der Waals surface area contributed by atoms with Crippen molar-refractivity contribution < 1.29 is 14.6 Å². The van der Waals surface area contributed by atoms with Gasteiger partial charge in [-0.05, 0) is 39.3 Å². The zero-order chi connectivity index (χ0) is 17.0. The lowest BCUT2D eigenvalue weighted by molar-refractivity contribution is -0.134. The molecule has 1 amide bonds. The van der Waals surface area contributed by atoms with Gasteiger partial charge in [0.15, 0.2) is 0 Å². The van der Waals surface area contributed by atoms with Crippen LogP contribution in [0, 0.1) is 6.92 Å². The second-order valence-electron chi connectivity index (χ2n) is 6.94. The molecule has 3 rings (SSSR count). The average Bonchev–Trinajstić information content (AvgIpc) is 3.15. The zero-order valence-electron chi connectivity index (χ0n) is 14.4. The molecule has 0 saturated carbocycles. The monoisotopic (exact) mass is 353 g/mol. The molecule has 1 N–H and O–H groups in total. The first-order valence-corrected chi connectivity index (χ1v) is 9.63. The Hall–Kier alpha value is -1.02. The van der Waals surface area contributed by atoms with E-state index in [9.17, 15) is 9.90 Å². The molecule has 1 aromatic rings. The summed E-state index contributed by atoms with van der Waals surface area (Å²) < 4.78 is 5.59. The highest BCUT2D eigenvalue weighted by atomic mass is 32.1. The number of nitrogens with zero attached hydrogens (tertiary/aromatic N) is 3. The van der Waals surface area contributed by atoms with Crippen molar-refractivity contribution >= 4 is 17.2 Å². The van der Waals surface area contributed by atoms with Gasteiger partial charge in [0.05, 0.1) is 31.0 Å². The number of likely N-dealkylation sites (tertiary alicyclic amines) is 1. The van der Waals surface area contributed by atoms with Crippen molar-refractivity contribution in [2.75, 3.05) is 45.9 Å². The van der Waals surface area contributed by atoms with E-state index in [0.29, 0.717) is 39.3 Å². The van der Waals surface area contributed by atoms with Crippen molar-refractivity contribution in [2.24, 2.45) is 0 Å². The number of ether oxygens (including phenoxy) is 1. The number of thiazole rings is 1. The maximum Gasteiger partial charge on any atom is 0.223 e. The highest BCUT2D eigenvalue weighted by molar-refractivity contribution is 7.09. The lowest BCUT2D eigenvalue weighted by Gasteiger charge is -2.34. The third-order valence-electron chi connectivity index (χ3n) is 4.84. The summed E-state index contributed by atoms with van der Waals surface area (Å²) in [5.41, 5.74) is 1.87. The number of aryl methyl sites for hydroxylation is 2. The van der Waals surface area contributed by atoms with Crippen molar-refractivity contribution in [1.29, 1.82) is 0 Å². The number of β-amino-alcohol motifs (C(OH)–C–C–N with tert-alkyl or cyclic N) is 1. The second kappa shape index (κ2) is 7.91. The Morgan fingerprint density at radius 1 is 1.42 bits per heavy atom. The number of aromatic nitrogens is 1. The summed E-state index contributed by atoms with van der Waals surface area (Å²) in [5.74, 6) is 0.0909. The highest BCUT2D eigenvalue weighted by Gasteiger charge is 2.36. The van der Waals surface area contributed by atoms with Gasteiger partial charge in [-0.25, -0.2) is 4.98 Å². The number of hydrogen-bond donors (Lipinski definition) is 1. The van der Waals surface area contributed by atoms with E-state index in [1.54, 1.807) is 16.2 Å². The van der Waals surface area contributed by atoms with E-state index < -0.39 is 5.60 Å². The van der Waals surface area contributed by atoms with Crippen LogP contribution in [0.25, 0.3) is 0 Å². The molecule has 24 heavy (non-hydrogen) atoms. The Labute approximate surface area is 147 Å². The Kier molecular flexibility index (Phi) is 5.86. The summed E-state index contributed by atoms with van der Waals surface area (Å²) >= 11 is 1.60. The van der Waals surface area contributed by atoms with Crippen LogP contribution >= 0.6 is 11.3 Å². The minimum atomic E-state index is -0.961. The predicted molar refractivity (Wildman–Crippen MR) is 93.2 cm³/mol. The number of carbonyl (C=O) groups is 1. The number of hydrogen-bond acceptors (Lipinski definition) is 6. The van der Waals surface area contributed by atoms with Crippen LogP contribution in [0.5, 0.6) is 0 Å². The van der Waals surface area contributed by atoms with Gasteiger partial charge in [0, 0.05) is 24.4 Å². The van der Waals surface area contributed by atoms with Crippen molar-refractivity contribution in [3.63, 3.8) is 0 Å². The van der Waals surface area contributed by atoms with Crippen LogP contribution in [0.3, 0.4) is 0 Å². The molecule has 134 valence electrons. The fourth-order valence-corrected chi connectivity index (χ4v) is 4.31. The fourth-order valence-electron chi connectivity index (χ4n) is 3.53. The van der Waals surface area contributed by atoms with Crippen molar-refractivity contribution in [1.82, 2.24) is 14.8 Å². The summed E-state index contributed by atoms with van der Waals surface area (Å²) in [6, 6.07) is 0. The Balaban J connectivity index is 1.57. The van der Waals surface area contributed by atoms with Gasteiger partial charge in [0.2, 0.25) is 5.91 Å². The normalized spacial score (nSPS) is 25.8. The first-order chi connectivity index (χ1) is 11.6. The van der Waals surface area contributed by atoms with Crippen molar-refractivity contribution in [3.8, 4) is 0 Å². The van der Waals surface area contributed by atoms with Crippen LogP contribution in [-0.2, 0) is 16.0 Å². The van der Waals surface area contributed by atoms with Crippen molar-refractivity contribution in [2.45, 2.75) is 38.2 Å². The molecule has 6 nitrogen and oxygen atoms in total. The quantitative estimate of drug-likeness (QED) is 0.858. The van der Waals surface area contributed by atoms with E-state index in [2.05, 4.69) is 9.88 Å². The third-order valence-corrected chi connectivity index (χ3v) is 5.84. The van der Waals surface area contributed by atoms with Crippen molar-refractivity contribution in [3.05, 3.63) is 16.1 Å². The minimum Gasteiger partial charge on any atom is -0.384 e. The average molecular weight is 353 g/mol. The second-order valence-corrected chi connectivity index (χ2v) is 7.88. The zero-order valence-corrected chi connectivity index (χ0v) is 15.2. The molecule has 2 fully saturated rings. The molecular formula is C17H27N3O3S. The standard InChI is InChI=1S/C17H27N3O3S/c1-14-15(24-13-18-14)4-5-16(21)20-8-9-23-12-17(22,11-20)10-19-6-2-3-7-19/h13,22H,2-12H2,1H3/t17-/m0/s1. The third kappa shape index (κ3) is 4.53. The lowest BCUT2D eigenvalue weighted by Crippen LogP contribution is -2.53.